The van der Waals surface area contributed by atoms with Crippen LogP contribution in [0.25, 0.3) is 0 Å². The van der Waals surface area contributed by atoms with E-state index in [1.54, 1.807) is 24.3 Å². The first kappa shape index (κ1) is 19.4. The molecule has 0 heterocycles. The molecule has 134 valence electrons. The van der Waals surface area contributed by atoms with Gasteiger partial charge in [-0.2, -0.15) is 0 Å². The molecule has 0 aliphatic carbocycles. The topological polar surface area (TPSA) is 66.5 Å². The molecule has 5 nitrogen and oxygen atoms in total. The van der Waals surface area contributed by atoms with Crippen LogP contribution in [-0.2, 0) is 21.4 Å². The molecule has 2 rings (SSSR count). The molecule has 0 atom stereocenters. The van der Waals surface area contributed by atoms with Gasteiger partial charge in [0.2, 0.25) is 15.9 Å². The Morgan fingerprint density at radius 3 is 2.28 bits per heavy atom. The summed E-state index contributed by atoms with van der Waals surface area (Å²) in [6, 6.07) is 11.6. The number of sulfonamides is 1. The van der Waals surface area contributed by atoms with Gasteiger partial charge in [-0.1, -0.05) is 23.7 Å². The molecule has 1 amide bonds. The van der Waals surface area contributed by atoms with Gasteiger partial charge in [0, 0.05) is 31.6 Å². The number of nitrogens with one attached hydrogen (secondary N) is 1. The Morgan fingerprint density at radius 2 is 1.72 bits per heavy atom. The first-order valence-corrected chi connectivity index (χ1v) is 9.39. The molecule has 0 radical (unpaired) electrons. The Morgan fingerprint density at radius 1 is 1.12 bits per heavy atom. The summed E-state index contributed by atoms with van der Waals surface area (Å²) in [4.78, 5) is 13.3. The lowest BCUT2D eigenvalue weighted by Gasteiger charge is -2.21. The average Bonchev–Trinajstić information content (AvgIpc) is 2.56. The van der Waals surface area contributed by atoms with E-state index in [1.165, 1.54) is 24.0 Å². The summed E-state index contributed by atoms with van der Waals surface area (Å²) in [6.45, 7) is 2.03. The first-order chi connectivity index (χ1) is 11.8. The minimum atomic E-state index is -3.75. The van der Waals surface area contributed by atoms with Crippen molar-refractivity contribution in [3.05, 3.63) is 64.9 Å². The molecule has 25 heavy (non-hydrogen) atoms. The number of benzene rings is 2. The van der Waals surface area contributed by atoms with Crippen LogP contribution in [0.5, 0.6) is 0 Å². The van der Waals surface area contributed by atoms with E-state index in [0.717, 1.165) is 17.7 Å². The standard InChI is InChI=1S/C17H18ClFN2O3S/c1-13(22)21(12-14-2-4-15(18)5-3-14)11-10-20-25(23,24)17-8-6-16(19)7-9-17/h2-9,20H,10-12H2,1H3. The molecule has 0 aliphatic rings. The number of carbonyl (C=O) groups is 1. The highest BCUT2D eigenvalue weighted by atomic mass is 35.5. The third kappa shape index (κ3) is 5.81. The van der Waals surface area contributed by atoms with Crippen molar-refractivity contribution < 1.29 is 17.6 Å². The number of hydrogen-bond acceptors (Lipinski definition) is 3. The van der Waals surface area contributed by atoms with Crippen molar-refractivity contribution in [3.63, 3.8) is 0 Å². The van der Waals surface area contributed by atoms with E-state index in [4.69, 9.17) is 11.6 Å². The van der Waals surface area contributed by atoms with Crippen LogP contribution < -0.4 is 4.72 Å². The van der Waals surface area contributed by atoms with E-state index in [0.29, 0.717) is 11.6 Å². The normalized spacial score (nSPS) is 11.3. The summed E-state index contributed by atoms with van der Waals surface area (Å²) >= 11 is 5.83. The number of halogens is 2. The zero-order valence-electron chi connectivity index (χ0n) is 13.6. The maximum Gasteiger partial charge on any atom is 0.240 e. The van der Waals surface area contributed by atoms with Crippen molar-refractivity contribution in [2.24, 2.45) is 0 Å². The molecular formula is C17H18ClFN2O3S. The zero-order chi connectivity index (χ0) is 18.4. The van der Waals surface area contributed by atoms with E-state index < -0.39 is 15.8 Å². The fourth-order valence-electron chi connectivity index (χ4n) is 2.17. The maximum atomic E-state index is 12.9. The molecule has 1 N–H and O–H groups in total. The predicted molar refractivity (Wildman–Crippen MR) is 94.1 cm³/mol. The number of carbonyl (C=O) groups excluding carboxylic acids is 1. The van der Waals surface area contributed by atoms with Gasteiger partial charge in [0.25, 0.3) is 0 Å². The van der Waals surface area contributed by atoms with E-state index in [-0.39, 0.29) is 23.9 Å². The number of rotatable bonds is 7. The van der Waals surface area contributed by atoms with Crippen molar-refractivity contribution in [2.45, 2.75) is 18.4 Å². The summed E-state index contributed by atoms with van der Waals surface area (Å²) in [5.74, 6) is -0.680. The Balaban J connectivity index is 1.95. The molecule has 0 bridgehead atoms. The van der Waals surface area contributed by atoms with Gasteiger partial charge in [-0.25, -0.2) is 17.5 Å². The molecule has 0 saturated carbocycles. The van der Waals surface area contributed by atoms with Crippen molar-refractivity contribution in [1.82, 2.24) is 9.62 Å². The molecule has 0 aliphatic heterocycles. The maximum absolute atomic E-state index is 12.9. The van der Waals surface area contributed by atoms with Crippen LogP contribution in [0.2, 0.25) is 5.02 Å². The molecule has 0 unspecified atom stereocenters. The van der Waals surface area contributed by atoms with Crippen LogP contribution in [0.1, 0.15) is 12.5 Å². The lowest BCUT2D eigenvalue weighted by atomic mass is 10.2. The van der Waals surface area contributed by atoms with E-state index in [9.17, 15) is 17.6 Å². The molecule has 8 heteroatoms. The van der Waals surface area contributed by atoms with Crippen LogP contribution in [-0.4, -0.2) is 32.3 Å². The van der Waals surface area contributed by atoms with Gasteiger partial charge in [0.15, 0.2) is 0 Å². The number of nitrogens with zero attached hydrogens (tertiary/aromatic N) is 1. The van der Waals surface area contributed by atoms with Gasteiger partial charge in [0.05, 0.1) is 4.90 Å². The van der Waals surface area contributed by atoms with Crippen molar-refractivity contribution in [1.29, 1.82) is 0 Å². The Labute approximate surface area is 151 Å². The summed E-state index contributed by atoms with van der Waals surface area (Å²) in [5.41, 5.74) is 0.890. The lowest BCUT2D eigenvalue weighted by Crippen LogP contribution is -2.37. The summed E-state index contributed by atoms with van der Waals surface area (Å²) in [6.07, 6.45) is 0. The quantitative estimate of drug-likeness (QED) is 0.798. The van der Waals surface area contributed by atoms with Gasteiger partial charge in [-0.3, -0.25) is 4.79 Å². The number of amides is 1. The van der Waals surface area contributed by atoms with Crippen LogP contribution in [0, 0.1) is 5.82 Å². The van der Waals surface area contributed by atoms with Crippen LogP contribution >= 0.6 is 11.6 Å². The lowest BCUT2D eigenvalue weighted by molar-refractivity contribution is -0.129. The fourth-order valence-corrected chi connectivity index (χ4v) is 3.32. The molecular weight excluding hydrogens is 367 g/mol. The summed E-state index contributed by atoms with van der Waals surface area (Å²) in [5, 5.41) is 0.602. The largest absolute Gasteiger partial charge is 0.337 e. The molecule has 2 aromatic rings. The summed E-state index contributed by atoms with van der Waals surface area (Å²) in [7, 11) is -3.75. The molecule has 0 aromatic heterocycles. The second-order valence-electron chi connectivity index (χ2n) is 5.42. The second-order valence-corrected chi connectivity index (χ2v) is 7.62. The van der Waals surface area contributed by atoms with E-state index >= 15 is 0 Å². The Bertz CT molecular complexity index is 824. The van der Waals surface area contributed by atoms with Crippen molar-refractivity contribution in [3.8, 4) is 0 Å². The van der Waals surface area contributed by atoms with Gasteiger partial charge >= 0.3 is 0 Å². The van der Waals surface area contributed by atoms with Gasteiger partial charge in [-0.15, -0.1) is 0 Å². The monoisotopic (exact) mass is 384 g/mol. The third-order valence-corrected chi connectivity index (χ3v) is 5.26. The van der Waals surface area contributed by atoms with Gasteiger partial charge < -0.3 is 4.90 Å². The predicted octanol–water partition coefficient (Wildman–Crippen LogP) is 2.81. The van der Waals surface area contributed by atoms with Crippen LogP contribution in [0.15, 0.2) is 53.4 Å². The molecule has 2 aromatic carbocycles. The highest BCUT2D eigenvalue weighted by Gasteiger charge is 2.15. The van der Waals surface area contributed by atoms with Crippen LogP contribution in [0.3, 0.4) is 0 Å². The van der Waals surface area contributed by atoms with Gasteiger partial charge in [0.1, 0.15) is 5.82 Å². The first-order valence-electron chi connectivity index (χ1n) is 7.53. The van der Waals surface area contributed by atoms with E-state index in [2.05, 4.69) is 4.72 Å². The highest BCUT2D eigenvalue weighted by molar-refractivity contribution is 7.89. The van der Waals surface area contributed by atoms with Crippen molar-refractivity contribution in [2.75, 3.05) is 13.1 Å². The minimum absolute atomic E-state index is 0.0269. The van der Waals surface area contributed by atoms with Gasteiger partial charge in [-0.05, 0) is 42.0 Å². The Kier molecular flexibility index (Phi) is 6.52. The molecule has 0 fully saturated rings. The van der Waals surface area contributed by atoms with Crippen LogP contribution in [0.4, 0.5) is 4.39 Å². The average molecular weight is 385 g/mol. The third-order valence-electron chi connectivity index (χ3n) is 3.53. The molecule has 0 saturated heterocycles. The smallest absolute Gasteiger partial charge is 0.240 e. The summed E-state index contributed by atoms with van der Waals surface area (Å²) < 4.78 is 39.6. The number of hydrogen-bond donors (Lipinski definition) is 1. The highest BCUT2D eigenvalue weighted by Crippen LogP contribution is 2.12. The molecule has 0 spiro atoms. The SMILES string of the molecule is CC(=O)N(CCNS(=O)(=O)c1ccc(F)cc1)Cc1ccc(Cl)cc1. The zero-order valence-corrected chi connectivity index (χ0v) is 15.1. The Hall–Kier alpha value is -1.96. The minimum Gasteiger partial charge on any atom is -0.337 e. The second kappa shape index (κ2) is 8.42. The fraction of sp³-hybridized carbons (Fsp3) is 0.235. The van der Waals surface area contributed by atoms with E-state index in [1.807, 2.05) is 0 Å². The van der Waals surface area contributed by atoms with Crippen molar-refractivity contribution >= 4 is 27.5 Å².